The molecule has 2 aromatic rings. The Balaban J connectivity index is 1.74. The van der Waals surface area contributed by atoms with E-state index < -0.39 is 36.9 Å². The van der Waals surface area contributed by atoms with E-state index in [1.54, 1.807) is 18.2 Å². The van der Waals surface area contributed by atoms with Crippen molar-refractivity contribution in [3.63, 3.8) is 0 Å². The molecule has 10 heteroatoms. The summed E-state index contributed by atoms with van der Waals surface area (Å²) < 4.78 is 89.7. The van der Waals surface area contributed by atoms with Gasteiger partial charge in [0, 0.05) is 13.1 Å². The van der Waals surface area contributed by atoms with E-state index in [-0.39, 0.29) is 35.7 Å². The summed E-state index contributed by atoms with van der Waals surface area (Å²) in [5.74, 6) is 0. The van der Waals surface area contributed by atoms with Gasteiger partial charge in [-0.15, -0.1) is 0 Å². The van der Waals surface area contributed by atoms with E-state index >= 15 is 0 Å². The number of benzene rings is 2. The second kappa shape index (κ2) is 7.49. The van der Waals surface area contributed by atoms with Crippen LogP contribution in [0.3, 0.4) is 0 Å². The molecule has 0 spiro atoms. The van der Waals surface area contributed by atoms with E-state index in [0.29, 0.717) is 0 Å². The highest BCUT2D eigenvalue weighted by atomic mass is 32.2. The van der Waals surface area contributed by atoms with Crippen molar-refractivity contribution in [2.24, 2.45) is 0 Å². The van der Waals surface area contributed by atoms with Gasteiger partial charge in [-0.1, -0.05) is 18.2 Å². The predicted octanol–water partition coefficient (Wildman–Crippen LogP) is 3.33. The molecule has 0 amide bonds. The van der Waals surface area contributed by atoms with Crippen LogP contribution < -0.4 is 0 Å². The molecule has 2 aromatic carbocycles. The van der Waals surface area contributed by atoms with Gasteiger partial charge in [0.05, 0.1) is 20.6 Å². The van der Waals surface area contributed by atoms with Crippen LogP contribution in [-0.4, -0.2) is 39.5 Å². The standard InChI is InChI=1S/C18H18F3NO4S2/c19-18(20,21)14-6-8-17(9-7-14)28(25,26)22-12-10-16(11-13-22)27(23,24)15-4-2-1-3-5-15/h1-9,16H,10-13H2. The van der Waals surface area contributed by atoms with E-state index in [4.69, 9.17) is 0 Å². The number of nitrogens with zero attached hydrogens (tertiary/aromatic N) is 1. The molecule has 3 rings (SSSR count). The van der Waals surface area contributed by atoms with Gasteiger partial charge < -0.3 is 0 Å². The Kier molecular flexibility index (Phi) is 5.57. The van der Waals surface area contributed by atoms with E-state index in [2.05, 4.69) is 0 Å². The number of sulfonamides is 1. The van der Waals surface area contributed by atoms with E-state index in [1.165, 1.54) is 12.1 Å². The topological polar surface area (TPSA) is 71.5 Å². The first-order chi connectivity index (χ1) is 13.0. The lowest BCUT2D eigenvalue weighted by Gasteiger charge is -2.31. The second-order valence-electron chi connectivity index (χ2n) is 6.48. The maximum atomic E-state index is 12.7. The molecule has 0 aromatic heterocycles. The molecule has 152 valence electrons. The molecule has 5 nitrogen and oxygen atoms in total. The summed E-state index contributed by atoms with van der Waals surface area (Å²) in [6.07, 6.45) is -4.30. The summed E-state index contributed by atoms with van der Waals surface area (Å²) in [6, 6.07) is 11.2. The van der Waals surface area contributed by atoms with Gasteiger partial charge in [-0.25, -0.2) is 16.8 Å². The van der Waals surface area contributed by atoms with E-state index in [0.717, 1.165) is 28.6 Å². The highest BCUT2D eigenvalue weighted by Gasteiger charge is 2.36. The number of sulfone groups is 1. The number of hydrogen-bond donors (Lipinski definition) is 0. The first-order valence-electron chi connectivity index (χ1n) is 8.49. The van der Waals surface area contributed by atoms with Crippen molar-refractivity contribution in [2.75, 3.05) is 13.1 Å². The molecule has 0 radical (unpaired) electrons. The van der Waals surface area contributed by atoms with Gasteiger partial charge in [0.15, 0.2) is 9.84 Å². The fourth-order valence-corrected chi connectivity index (χ4v) is 6.37. The number of halogens is 3. The molecule has 1 aliphatic rings. The zero-order valence-corrected chi connectivity index (χ0v) is 16.3. The Bertz CT molecular complexity index is 1030. The lowest BCUT2D eigenvalue weighted by atomic mass is 10.2. The van der Waals surface area contributed by atoms with E-state index in [9.17, 15) is 30.0 Å². The molecule has 0 unspecified atom stereocenters. The second-order valence-corrected chi connectivity index (χ2v) is 10.6. The molecular formula is C18H18F3NO4S2. The number of rotatable bonds is 4. The van der Waals surface area contributed by atoms with Crippen molar-refractivity contribution in [3.8, 4) is 0 Å². The summed E-state index contributed by atoms with van der Waals surface area (Å²) in [5, 5.41) is -0.700. The average molecular weight is 433 g/mol. The van der Waals surface area contributed by atoms with Gasteiger partial charge in [-0.2, -0.15) is 17.5 Å². The average Bonchev–Trinajstić information content (AvgIpc) is 2.68. The third kappa shape index (κ3) is 4.08. The van der Waals surface area contributed by atoms with Crippen LogP contribution in [0.25, 0.3) is 0 Å². The summed E-state index contributed by atoms with van der Waals surface area (Å²) in [5.41, 5.74) is -0.931. The van der Waals surface area contributed by atoms with Crippen molar-refractivity contribution < 1.29 is 30.0 Å². The minimum Gasteiger partial charge on any atom is -0.223 e. The monoisotopic (exact) mass is 433 g/mol. The summed E-state index contributed by atoms with van der Waals surface area (Å²) in [4.78, 5) is -0.0519. The molecule has 0 atom stereocenters. The number of piperidine rings is 1. The van der Waals surface area contributed by atoms with Gasteiger partial charge in [-0.3, -0.25) is 0 Å². The third-order valence-electron chi connectivity index (χ3n) is 4.73. The first-order valence-corrected chi connectivity index (χ1v) is 11.5. The molecule has 0 bridgehead atoms. The van der Waals surface area contributed by atoms with Crippen molar-refractivity contribution in [1.82, 2.24) is 4.31 Å². The summed E-state index contributed by atoms with van der Waals surface area (Å²) in [7, 11) is -7.55. The quantitative estimate of drug-likeness (QED) is 0.742. The van der Waals surface area contributed by atoms with Crippen molar-refractivity contribution in [1.29, 1.82) is 0 Å². The number of alkyl halides is 3. The molecule has 1 fully saturated rings. The molecular weight excluding hydrogens is 415 g/mol. The van der Waals surface area contributed by atoms with Gasteiger partial charge in [0.2, 0.25) is 10.0 Å². The fraction of sp³-hybridized carbons (Fsp3) is 0.333. The molecule has 1 heterocycles. The minimum absolute atomic E-state index is 0.0138. The fourth-order valence-electron chi connectivity index (χ4n) is 3.15. The zero-order chi connectivity index (χ0) is 20.6. The van der Waals surface area contributed by atoms with Gasteiger partial charge in [-0.05, 0) is 49.2 Å². The molecule has 0 aliphatic carbocycles. The smallest absolute Gasteiger partial charge is 0.223 e. The minimum atomic E-state index is -4.55. The van der Waals surface area contributed by atoms with Crippen LogP contribution in [0.15, 0.2) is 64.4 Å². The Labute approximate surface area is 161 Å². The van der Waals surface area contributed by atoms with Crippen LogP contribution >= 0.6 is 0 Å². The van der Waals surface area contributed by atoms with Crippen molar-refractivity contribution in [3.05, 3.63) is 60.2 Å². The summed E-state index contributed by atoms with van der Waals surface area (Å²) in [6.45, 7) is -0.0276. The van der Waals surface area contributed by atoms with Crippen LogP contribution in [0.2, 0.25) is 0 Å². The maximum absolute atomic E-state index is 12.7. The normalized spacial score (nSPS) is 17.5. The maximum Gasteiger partial charge on any atom is 0.416 e. The SMILES string of the molecule is O=S(=O)(c1ccccc1)C1CCN(S(=O)(=O)c2ccc(C(F)(F)F)cc2)CC1. The molecule has 1 aliphatic heterocycles. The lowest BCUT2D eigenvalue weighted by Crippen LogP contribution is -2.42. The largest absolute Gasteiger partial charge is 0.416 e. The van der Waals surface area contributed by atoms with Gasteiger partial charge in [0.1, 0.15) is 0 Å². The zero-order valence-electron chi connectivity index (χ0n) is 14.6. The Morgan fingerprint density at radius 3 is 1.82 bits per heavy atom. The van der Waals surface area contributed by atoms with Crippen LogP contribution in [-0.2, 0) is 26.0 Å². The van der Waals surface area contributed by atoms with Crippen LogP contribution in [0.1, 0.15) is 18.4 Å². The first kappa shape index (κ1) is 20.8. The molecule has 0 saturated carbocycles. The summed E-state index contributed by atoms with van der Waals surface area (Å²) >= 11 is 0. The highest BCUT2D eigenvalue weighted by Crippen LogP contribution is 2.31. The van der Waals surface area contributed by atoms with Crippen LogP contribution in [0, 0.1) is 0 Å². The van der Waals surface area contributed by atoms with E-state index in [1.807, 2.05) is 0 Å². The molecule has 0 N–H and O–H groups in total. The molecule has 1 saturated heterocycles. The predicted molar refractivity (Wildman–Crippen MR) is 96.9 cm³/mol. The number of hydrogen-bond acceptors (Lipinski definition) is 4. The van der Waals surface area contributed by atoms with Gasteiger partial charge in [0.25, 0.3) is 0 Å². The molecule has 28 heavy (non-hydrogen) atoms. The van der Waals surface area contributed by atoms with Crippen LogP contribution in [0.5, 0.6) is 0 Å². The van der Waals surface area contributed by atoms with Crippen molar-refractivity contribution >= 4 is 19.9 Å². The van der Waals surface area contributed by atoms with Gasteiger partial charge >= 0.3 is 6.18 Å². The third-order valence-corrected chi connectivity index (χ3v) is 8.92. The Morgan fingerprint density at radius 1 is 0.786 bits per heavy atom. The van der Waals surface area contributed by atoms with Crippen molar-refractivity contribution in [2.45, 2.75) is 34.1 Å². The highest BCUT2D eigenvalue weighted by molar-refractivity contribution is 7.92. The lowest BCUT2D eigenvalue weighted by molar-refractivity contribution is -0.137. The Morgan fingerprint density at radius 2 is 1.32 bits per heavy atom. The Hall–Kier alpha value is -1.91. The van der Waals surface area contributed by atoms with Crippen LogP contribution in [0.4, 0.5) is 13.2 Å².